The summed E-state index contributed by atoms with van der Waals surface area (Å²) < 4.78 is 1.67. The summed E-state index contributed by atoms with van der Waals surface area (Å²) in [5.74, 6) is 0. The molecule has 1 aromatic carbocycles. The molecule has 0 saturated carbocycles. The Bertz CT molecular complexity index is 427. The zero-order chi connectivity index (χ0) is 10.1. The summed E-state index contributed by atoms with van der Waals surface area (Å²) in [6.45, 7) is 1.94. The second-order valence-electron chi connectivity index (χ2n) is 3.04. The first kappa shape index (κ1) is 9.08. The number of benzene rings is 1. The van der Waals surface area contributed by atoms with E-state index in [4.69, 9.17) is 5.73 Å². The molecule has 0 atom stereocenters. The molecule has 4 nitrogen and oxygen atoms in total. The fraction of sp³-hybridized carbons (Fsp3) is 0.111. The summed E-state index contributed by atoms with van der Waals surface area (Å²) in [7, 11) is 0. The summed E-state index contributed by atoms with van der Waals surface area (Å²) in [6, 6.07) is 3.81. The molecule has 2 aromatic rings. The third-order valence-electron chi connectivity index (χ3n) is 2.03. The number of thiol groups is 1. The van der Waals surface area contributed by atoms with Gasteiger partial charge in [-0.05, 0) is 24.6 Å². The fourth-order valence-electron chi connectivity index (χ4n) is 1.23. The molecule has 0 saturated heterocycles. The highest BCUT2D eigenvalue weighted by atomic mass is 32.1. The molecular formula is C9H10N4S. The van der Waals surface area contributed by atoms with Crippen LogP contribution in [0, 0.1) is 6.92 Å². The van der Waals surface area contributed by atoms with Crippen LogP contribution >= 0.6 is 12.6 Å². The Morgan fingerprint density at radius 2 is 2.21 bits per heavy atom. The normalized spacial score (nSPS) is 10.4. The van der Waals surface area contributed by atoms with Crippen molar-refractivity contribution >= 4 is 18.3 Å². The van der Waals surface area contributed by atoms with E-state index in [0.29, 0.717) is 5.69 Å². The van der Waals surface area contributed by atoms with Crippen LogP contribution in [-0.2, 0) is 0 Å². The Labute approximate surface area is 87.2 Å². The van der Waals surface area contributed by atoms with Crippen LogP contribution in [-0.4, -0.2) is 14.8 Å². The maximum Gasteiger partial charge on any atom is 0.138 e. The molecule has 1 heterocycles. The number of hydrogen-bond acceptors (Lipinski definition) is 4. The van der Waals surface area contributed by atoms with Gasteiger partial charge in [0.15, 0.2) is 0 Å². The number of aryl methyl sites for hydroxylation is 1. The molecule has 72 valence electrons. The number of nitrogens with zero attached hydrogens (tertiary/aromatic N) is 3. The molecule has 0 aliphatic carbocycles. The van der Waals surface area contributed by atoms with Crippen molar-refractivity contribution in [3.05, 3.63) is 30.4 Å². The van der Waals surface area contributed by atoms with Gasteiger partial charge in [0.1, 0.15) is 12.7 Å². The van der Waals surface area contributed by atoms with Crippen LogP contribution in [0.2, 0.25) is 0 Å². The number of nitrogens with two attached hydrogens (primary N) is 1. The first-order valence-corrected chi connectivity index (χ1v) is 4.57. The van der Waals surface area contributed by atoms with Crippen molar-refractivity contribution in [3.8, 4) is 5.69 Å². The Morgan fingerprint density at radius 3 is 2.79 bits per heavy atom. The van der Waals surface area contributed by atoms with Crippen molar-refractivity contribution in [3.63, 3.8) is 0 Å². The van der Waals surface area contributed by atoms with Crippen molar-refractivity contribution in [1.29, 1.82) is 0 Å². The lowest BCUT2D eigenvalue weighted by Gasteiger charge is -2.07. The van der Waals surface area contributed by atoms with Crippen molar-refractivity contribution in [2.75, 3.05) is 5.73 Å². The Morgan fingerprint density at radius 1 is 1.43 bits per heavy atom. The molecule has 14 heavy (non-hydrogen) atoms. The van der Waals surface area contributed by atoms with E-state index in [1.807, 2.05) is 19.1 Å². The predicted octanol–water partition coefficient (Wildman–Crippen LogP) is 1.45. The van der Waals surface area contributed by atoms with Gasteiger partial charge in [0.05, 0.1) is 5.69 Å². The molecule has 0 bridgehead atoms. The van der Waals surface area contributed by atoms with Gasteiger partial charge in [-0.25, -0.2) is 9.67 Å². The minimum absolute atomic E-state index is 0.706. The van der Waals surface area contributed by atoms with E-state index in [1.165, 1.54) is 6.33 Å². The highest BCUT2D eigenvalue weighted by Gasteiger charge is 2.03. The molecule has 2 rings (SSSR count). The lowest BCUT2D eigenvalue weighted by molar-refractivity contribution is 0.874. The molecule has 0 aliphatic heterocycles. The molecule has 0 fully saturated rings. The van der Waals surface area contributed by atoms with E-state index in [1.54, 1.807) is 11.0 Å². The average molecular weight is 206 g/mol. The number of nitrogen functional groups attached to an aromatic ring is 1. The van der Waals surface area contributed by atoms with Crippen molar-refractivity contribution in [1.82, 2.24) is 14.8 Å². The van der Waals surface area contributed by atoms with E-state index in [9.17, 15) is 0 Å². The summed E-state index contributed by atoms with van der Waals surface area (Å²) >= 11 is 4.28. The summed E-state index contributed by atoms with van der Waals surface area (Å²) in [6.07, 6.45) is 3.13. The second kappa shape index (κ2) is 3.34. The molecule has 5 heteroatoms. The molecule has 2 N–H and O–H groups in total. The van der Waals surface area contributed by atoms with E-state index < -0.39 is 0 Å². The lowest BCUT2D eigenvalue weighted by Crippen LogP contribution is -1.98. The maximum absolute atomic E-state index is 5.78. The van der Waals surface area contributed by atoms with Crippen LogP contribution in [0.25, 0.3) is 5.69 Å². The van der Waals surface area contributed by atoms with Gasteiger partial charge in [0, 0.05) is 10.6 Å². The Hall–Kier alpha value is -1.49. The second-order valence-corrected chi connectivity index (χ2v) is 3.52. The van der Waals surface area contributed by atoms with E-state index in [-0.39, 0.29) is 0 Å². The SMILES string of the molecule is Cc1cc(-n2cncn2)cc(S)c1N. The Kier molecular flexibility index (Phi) is 2.17. The number of aromatic nitrogens is 3. The first-order chi connectivity index (χ1) is 6.68. The van der Waals surface area contributed by atoms with Crippen LogP contribution in [0.1, 0.15) is 5.56 Å². The van der Waals surface area contributed by atoms with Gasteiger partial charge in [-0.1, -0.05) is 0 Å². The van der Waals surface area contributed by atoms with Crippen LogP contribution in [0.3, 0.4) is 0 Å². The van der Waals surface area contributed by atoms with Crippen LogP contribution in [0.4, 0.5) is 5.69 Å². The number of rotatable bonds is 1. The quantitative estimate of drug-likeness (QED) is 0.548. The van der Waals surface area contributed by atoms with Gasteiger partial charge in [-0.15, -0.1) is 12.6 Å². The van der Waals surface area contributed by atoms with Crippen molar-refractivity contribution in [2.45, 2.75) is 11.8 Å². The third kappa shape index (κ3) is 1.46. The molecule has 0 radical (unpaired) electrons. The molecule has 0 spiro atoms. The van der Waals surface area contributed by atoms with Crippen LogP contribution < -0.4 is 5.73 Å². The van der Waals surface area contributed by atoms with Gasteiger partial charge in [-0.3, -0.25) is 0 Å². The zero-order valence-electron chi connectivity index (χ0n) is 7.68. The van der Waals surface area contributed by atoms with Gasteiger partial charge < -0.3 is 5.73 Å². The third-order valence-corrected chi connectivity index (χ3v) is 2.40. The highest BCUT2D eigenvalue weighted by molar-refractivity contribution is 7.80. The van der Waals surface area contributed by atoms with Gasteiger partial charge in [0.25, 0.3) is 0 Å². The number of anilines is 1. The van der Waals surface area contributed by atoms with Crippen molar-refractivity contribution < 1.29 is 0 Å². The minimum Gasteiger partial charge on any atom is -0.398 e. The lowest BCUT2D eigenvalue weighted by atomic mass is 10.2. The first-order valence-electron chi connectivity index (χ1n) is 4.12. The zero-order valence-corrected chi connectivity index (χ0v) is 8.57. The Balaban J connectivity index is 2.57. The fourth-order valence-corrected chi connectivity index (χ4v) is 1.54. The van der Waals surface area contributed by atoms with E-state index in [0.717, 1.165) is 16.1 Å². The summed E-state index contributed by atoms with van der Waals surface area (Å²) in [5.41, 5.74) is 8.39. The monoisotopic (exact) mass is 206 g/mol. The minimum atomic E-state index is 0.706. The topological polar surface area (TPSA) is 56.7 Å². The number of hydrogen-bond donors (Lipinski definition) is 2. The average Bonchev–Trinajstić information content (AvgIpc) is 2.66. The van der Waals surface area contributed by atoms with Gasteiger partial charge >= 0.3 is 0 Å². The van der Waals surface area contributed by atoms with Crippen molar-refractivity contribution in [2.24, 2.45) is 0 Å². The largest absolute Gasteiger partial charge is 0.398 e. The smallest absolute Gasteiger partial charge is 0.138 e. The molecule has 1 aromatic heterocycles. The molecule has 0 aliphatic rings. The van der Waals surface area contributed by atoms with Gasteiger partial charge in [0.2, 0.25) is 0 Å². The van der Waals surface area contributed by atoms with Crippen LogP contribution in [0.5, 0.6) is 0 Å². The molecular weight excluding hydrogens is 196 g/mol. The highest BCUT2D eigenvalue weighted by Crippen LogP contribution is 2.24. The maximum atomic E-state index is 5.78. The molecule has 0 unspecified atom stereocenters. The molecule has 0 amide bonds. The summed E-state index contributed by atoms with van der Waals surface area (Å²) in [5, 5.41) is 4.03. The predicted molar refractivity (Wildman–Crippen MR) is 57.8 cm³/mol. The standard InChI is InChI=1S/C9H10N4S/c1-6-2-7(3-8(14)9(6)10)13-5-11-4-12-13/h2-5,14H,10H2,1H3. The summed E-state index contributed by atoms with van der Waals surface area (Å²) in [4.78, 5) is 4.64. The van der Waals surface area contributed by atoms with E-state index in [2.05, 4.69) is 22.7 Å². The van der Waals surface area contributed by atoms with Crippen LogP contribution in [0.15, 0.2) is 29.7 Å². The van der Waals surface area contributed by atoms with E-state index >= 15 is 0 Å². The van der Waals surface area contributed by atoms with Gasteiger partial charge in [-0.2, -0.15) is 5.10 Å².